The summed E-state index contributed by atoms with van der Waals surface area (Å²) in [7, 11) is 1.60. The minimum absolute atomic E-state index is 0.131. The molecule has 0 spiro atoms. The van der Waals surface area contributed by atoms with Crippen molar-refractivity contribution < 1.29 is 18.7 Å². The van der Waals surface area contributed by atoms with Crippen LogP contribution < -0.4 is 10.1 Å². The van der Waals surface area contributed by atoms with E-state index in [1.165, 1.54) is 12.1 Å². The van der Waals surface area contributed by atoms with Crippen LogP contribution in [0, 0.1) is 5.82 Å². The Bertz CT molecular complexity index is 401. The van der Waals surface area contributed by atoms with E-state index < -0.39 is 5.82 Å². The van der Waals surface area contributed by atoms with E-state index in [-0.39, 0.29) is 12.5 Å². The molecule has 0 saturated carbocycles. The molecule has 0 fully saturated rings. The van der Waals surface area contributed by atoms with E-state index in [0.29, 0.717) is 23.4 Å². The Labute approximate surface area is 114 Å². The molecule has 4 nitrogen and oxygen atoms in total. The lowest BCUT2D eigenvalue weighted by molar-refractivity contribution is -0.123. The standard InChI is InChI=1S/C12H15BrFNO3/c1-17-6-2-5-15-12(16)8-18-9-3-4-10(13)11(14)7-9/h3-4,7H,2,5-6,8H2,1H3,(H,15,16). The fraction of sp³-hybridized carbons (Fsp3) is 0.417. The van der Waals surface area contributed by atoms with E-state index in [1.54, 1.807) is 13.2 Å². The largest absolute Gasteiger partial charge is 0.484 e. The fourth-order valence-electron chi connectivity index (χ4n) is 1.21. The molecule has 1 N–H and O–H groups in total. The second kappa shape index (κ2) is 8.05. The third-order valence-corrected chi connectivity index (χ3v) is 2.75. The molecule has 0 bridgehead atoms. The number of carbonyl (C=O) groups is 1. The Morgan fingerprint density at radius 3 is 2.94 bits per heavy atom. The molecule has 0 aromatic heterocycles. The summed E-state index contributed by atoms with van der Waals surface area (Å²) < 4.78 is 23.5. The van der Waals surface area contributed by atoms with E-state index in [9.17, 15) is 9.18 Å². The van der Waals surface area contributed by atoms with Crippen LogP contribution >= 0.6 is 15.9 Å². The van der Waals surface area contributed by atoms with Gasteiger partial charge >= 0.3 is 0 Å². The number of ether oxygens (including phenoxy) is 2. The molecule has 0 unspecified atom stereocenters. The molecule has 0 radical (unpaired) electrons. The predicted octanol–water partition coefficient (Wildman–Crippen LogP) is 2.12. The van der Waals surface area contributed by atoms with Crippen molar-refractivity contribution in [2.24, 2.45) is 0 Å². The highest BCUT2D eigenvalue weighted by Gasteiger charge is 2.04. The number of nitrogens with one attached hydrogen (secondary N) is 1. The normalized spacial score (nSPS) is 10.2. The first-order chi connectivity index (χ1) is 8.63. The van der Waals surface area contributed by atoms with Crippen LogP contribution in [-0.4, -0.2) is 32.8 Å². The van der Waals surface area contributed by atoms with Crippen LogP contribution in [0.1, 0.15) is 6.42 Å². The van der Waals surface area contributed by atoms with Gasteiger partial charge in [0.25, 0.3) is 5.91 Å². The molecule has 0 atom stereocenters. The van der Waals surface area contributed by atoms with Crippen molar-refractivity contribution in [2.45, 2.75) is 6.42 Å². The zero-order chi connectivity index (χ0) is 13.4. The number of halogens is 2. The number of amides is 1. The molecule has 1 rings (SSSR count). The maximum absolute atomic E-state index is 13.1. The fourth-order valence-corrected chi connectivity index (χ4v) is 1.46. The third-order valence-electron chi connectivity index (χ3n) is 2.11. The van der Waals surface area contributed by atoms with Gasteiger partial charge in [0.1, 0.15) is 11.6 Å². The lowest BCUT2D eigenvalue weighted by Crippen LogP contribution is -2.30. The zero-order valence-corrected chi connectivity index (χ0v) is 11.6. The van der Waals surface area contributed by atoms with Crippen LogP contribution in [0.3, 0.4) is 0 Å². The van der Waals surface area contributed by atoms with Gasteiger partial charge in [-0.25, -0.2) is 4.39 Å². The maximum Gasteiger partial charge on any atom is 0.257 e. The van der Waals surface area contributed by atoms with Crippen LogP contribution in [0.4, 0.5) is 4.39 Å². The summed E-state index contributed by atoms with van der Waals surface area (Å²) >= 11 is 3.04. The lowest BCUT2D eigenvalue weighted by Gasteiger charge is -2.07. The van der Waals surface area contributed by atoms with Crippen LogP contribution in [0.15, 0.2) is 22.7 Å². The topological polar surface area (TPSA) is 47.6 Å². The monoisotopic (exact) mass is 319 g/mol. The lowest BCUT2D eigenvalue weighted by atomic mass is 10.3. The predicted molar refractivity (Wildman–Crippen MR) is 69.1 cm³/mol. The Morgan fingerprint density at radius 2 is 2.28 bits per heavy atom. The van der Waals surface area contributed by atoms with Gasteiger partial charge in [0.15, 0.2) is 6.61 Å². The first-order valence-corrected chi connectivity index (χ1v) is 6.26. The van der Waals surface area contributed by atoms with Crippen LogP contribution in [0.25, 0.3) is 0 Å². The molecule has 0 aliphatic rings. The van der Waals surface area contributed by atoms with Crippen molar-refractivity contribution in [1.82, 2.24) is 5.32 Å². The number of hydrogen-bond acceptors (Lipinski definition) is 3. The van der Waals surface area contributed by atoms with Gasteiger partial charge in [0, 0.05) is 26.3 Å². The summed E-state index contributed by atoms with van der Waals surface area (Å²) in [4.78, 5) is 11.4. The molecule has 1 aromatic rings. The summed E-state index contributed by atoms with van der Waals surface area (Å²) in [6, 6.07) is 4.34. The minimum atomic E-state index is -0.423. The van der Waals surface area contributed by atoms with Gasteiger partial charge in [0.05, 0.1) is 4.47 Å². The molecule has 0 aliphatic heterocycles. The number of carbonyl (C=O) groups excluding carboxylic acids is 1. The van der Waals surface area contributed by atoms with Gasteiger partial charge in [0.2, 0.25) is 0 Å². The van der Waals surface area contributed by atoms with Gasteiger partial charge in [-0.3, -0.25) is 4.79 Å². The Balaban J connectivity index is 2.27. The average Bonchev–Trinajstić information content (AvgIpc) is 2.36. The highest BCUT2D eigenvalue weighted by Crippen LogP contribution is 2.20. The molecule has 1 amide bonds. The number of benzene rings is 1. The van der Waals surface area contributed by atoms with E-state index in [2.05, 4.69) is 21.2 Å². The van der Waals surface area contributed by atoms with Gasteiger partial charge in [-0.1, -0.05) is 0 Å². The van der Waals surface area contributed by atoms with E-state index in [0.717, 1.165) is 6.42 Å². The molecule has 100 valence electrons. The summed E-state index contributed by atoms with van der Waals surface area (Å²) in [6.07, 6.45) is 0.745. The highest BCUT2D eigenvalue weighted by molar-refractivity contribution is 9.10. The van der Waals surface area contributed by atoms with Gasteiger partial charge in [-0.05, 0) is 34.5 Å². The molecule has 0 saturated heterocycles. The first kappa shape index (κ1) is 14.9. The second-order valence-electron chi connectivity index (χ2n) is 3.56. The Kier molecular flexibility index (Phi) is 6.67. The maximum atomic E-state index is 13.1. The van der Waals surface area contributed by atoms with E-state index in [4.69, 9.17) is 9.47 Å². The molecule has 18 heavy (non-hydrogen) atoms. The Morgan fingerprint density at radius 1 is 1.50 bits per heavy atom. The summed E-state index contributed by atoms with van der Waals surface area (Å²) in [5, 5.41) is 2.67. The van der Waals surface area contributed by atoms with Crippen molar-refractivity contribution >= 4 is 21.8 Å². The van der Waals surface area contributed by atoms with Crippen LogP contribution in [0.2, 0.25) is 0 Å². The molecule has 0 aliphatic carbocycles. The van der Waals surface area contributed by atoms with Crippen LogP contribution in [-0.2, 0) is 9.53 Å². The van der Waals surface area contributed by atoms with Crippen molar-refractivity contribution in [3.8, 4) is 5.75 Å². The highest BCUT2D eigenvalue weighted by atomic mass is 79.9. The van der Waals surface area contributed by atoms with Crippen molar-refractivity contribution in [3.05, 3.63) is 28.5 Å². The minimum Gasteiger partial charge on any atom is -0.484 e. The Hall–Kier alpha value is -1.14. The second-order valence-corrected chi connectivity index (χ2v) is 4.42. The summed E-state index contributed by atoms with van der Waals surface area (Å²) in [6.45, 7) is 0.998. The van der Waals surface area contributed by atoms with Crippen molar-refractivity contribution in [1.29, 1.82) is 0 Å². The van der Waals surface area contributed by atoms with Crippen molar-refractivity contribution in [3.63, 3.8) is 0 Å². The molecular weight excluding hydrogens is 305 g/mol. The SMILES string of the molecule is COCCCNC(=O)COc1ccc(Br)c(F)c1. The smallest absolute Gasteiger partial charge is 0.257 e. The first-order valence-electron chi connectivity index (χ1n) is 5.47. The molecule has 6 heteroatoms. The molecular formula is C12H15BrFNO3. The quantitative estimate of drug-likeness (QED) is 0.783. The van der Waals surface area contributed by atoms with Gasteiger partial charge in [-0.2, -0.15) is 0 Å². The third kappa shape index (κ3) is 5.46. The summed E-state index contributed by atoms with van der Waals surface area (Å²) in [5.74, 6) is -0.342. The summed E-state index contributed by atoms with van der Waals surface area (Å²) in [5.41, 5.74) is 0. The number of methoxy groups -OCH3 is 1. The van der Waals surface area contributed by atoms with Gasteiger partial charge in [-0.15, -0.1) is 0 Å². The number of hydrogen-bond donors (Lipinski definition) is 1. The average molecular weight is 320 g/mol. The van der Waals surface area contributed by atoms with Gasteiger partial charge < -0.3 is 14.8 Å². The zero-order valence-electron chi connectivity index (χ0n) is 10.0. The molecule has 1 aromatic carbocycles. The van der Waals surface area contributed by atoms with Crippen molar-refractivity contribution in [2.75, 3.05) is 26.9 Å². The number of rotatable bonds is 7. The van der Waals surface area contributed by atoms with E-state index >= 15 is 0 Å². The molecule has 0 heterocycles. The van der Waals surface area contributed by atoms with E-state index in [1.807, 2.05) is 0 Å². The van der Waals surface area contributed by atoms with Crippen LogP contribution in [0.5, 0.6) is 5.75 Å².